The Balaban J connectivity index is 1.61. The number of aliphatic hydroxyl groups is 3. The summed E-state index contributed by atoms with van der Waals surface area (Å²) < 4.78 is 0. The summed E-state index contributed by atoms with van der Waals surface area (Å²) in [4.78, 5) is 17.4. The molecule has 1 saturated heterocycles. The summed E-state index contributed by atoms with van der Waals surface area (Å²) in [6.07, 6.45) is 0.419. The fourth-order valence-corrected chi connectivity index (χ4v) is 4.46. The van der Waals surface area contributed by atoms with Gasteiger partial charge in [-0.3, -0.25) is 0 Å². The Kier molecular flexibility index (Phi) is 7.95. The van der Waals surface area contributed by atoms with E-state index in [0.29, 0.717) is 32.5 Å². The standard InChI is InChI=1S/C28H32N2O4/c31-19-24-10-6-22(7-11-24)17-29-15-14-27(33)26(16-21-4-2-1-3-5-21)30(28(29)34)18-23-8-12-25(20-32)13-9-23/h1-13,26-27,31-33H,14-20H2/t26-,27-/m1/s1. The number of hydrogen-bond donors (Lipinski definition) is 3. The van der Waals surface area contributed by atoms with Gasteiger partial charge in [0.25, 0.3) is 0 Å². The van der Waals surface area contributed by atoms with Crippen LogP contribution in [0.1, 0.15) is 34.2 Å². The number of rotatable bonds is 8. The summed E-state index contributed by atoms with van der Waals surface area (Å²) >= 11 is 0. The van der Waals surface area contributed by atoms with E-state index in [9.17, 15) is 20.1 Å². The van der Waals surface area contributed by atoms with Gasteiger partial charge < -0.3 is 25.1 Å². The molecule has 0 aromatic heterocycles. The Morgan fingerprint density at radius 3 is 1.79 bits per heavy atom. The number of amides is 2. The quantitative estimate of drug-likeness (QED) is 0.481. The van der Waals surface area contributed by atoms with E-state index in [4.69, 9.17) is 0 Å². The van der Waals surface area contributed by atoms with E-state index in [1.807, 2.05) is 78.9 Å². The third kappa shape index (κ3) is 5.83. The lowest BCUT2D eigenvalue weighted by Gasteiger charge is -2.34. The predicted molar refractivity (Wildman–Crippen MR) is 131 cm³/mol. The molecule has 3 N–H and O–H groups in total. The molecule has 4 rings (SSSR count). The van der Waals surface area contributed by atoms with Crippen molar-refractivity contribution in [1.29, 1.82) is 0 Å². The molecule has 0 aliphatic carbocycles. The molecule has 2 atom stereocenters. The SMILES string of the molecule is O=C1N(Cc2ccc(CO)cc2)CC[C@@H](O)[C@@H](Cc2ccccc2)N1Cc1ccc(CO)cc1. The molecule has 6 heteroatoms. The Morgan fingerprint density at radius 1 is 0.706 bits per heavy atom. The highest BCUT2D eigenvalue weighted by molar-refractivity contribution is 5.75. The van der Waals surface area contributed by atoms with E-state index in [0.717, 1.165) is 27.8 Å². The van der Waals surface area contributed by atoms with Crippen molar-refractivity contribution < 1.29 is 20.1 Å². The average molecular weight is 461 g/mol. The van der Waals surface area contributed by atoms with Crippen LogP contribution in [0.15, 0.2) is 78.9 Å². The minimum Gasteiger partial charge on any atom is -0.392 e. The number of aliphatic hydroxyl groups excluding tert-OH is 3. The maximum Gasteiger partial charge on any atom is 0.320 e. The molecule has 0 radical (unpaired) electrons. The van der Waals surface area contributed by atoms with Crippen LogP contribution >= 0.6 is 0 Å². The van der Waals surface area contributed by atoms with E-state index in [-0.39, 0.29) is 25.3 Å². The molecule has 0 spiro atoms. The van der Waals surface area contributed by atoms with E-state index < -0.39 is 6.10 Å². The number of benzene rings is 3. The lowest BCUT2D eigenvalue weighted by atomic mass is 9.98. The van der Waals surface area contributed by atoms with Crippen LogP contribution in [0.4, 0.5) is 4.79 Å². The first-order chi connectivity index (χ1) is 16.6. The first kappa shape index (κ1) is 24.0. The molecule has 3 aromatic rings. The molecule has 0 bridgehead atoms. The van der Waals surface area contributed by atoms with Crippen LogP contribution in [0.3, 0.4) is 0 Å². The van der Waals surface area contributed by atoms with Gasteiger partial charge in [-0.1, -0.05) is 78.9 Å². The van der Waals surface area contributed by atoms with Gasteiger partial charge >= 0.3 is 6.03 Å². The molecular formula is C28H32N2O4. The van der Waals surface area contributed by atoms with Gasteiger partial charge in [-0.2, -0.15) is 0 Å². The molecule has 6 nitrogen and oxygen atoms in total. The number of carbonyl (C=O) groups excluding carboxylic acids is 1. The third-order valence-electron chi connectivity index (χ3n) is 6.48. The van der Waals surface area contributed by atoms with E-state index in [2.05, 4.69) is 0 Å². The van der Waals surface area contributed by atoms with E-state index in [1.54, 1.807) is 9.80 Å². The van der Waals surface area contributed by atoms with Crippen LogP contribution < -0.4 is 0 Å². The van der Waals surface area contributed by atoms with Gasteiger partial charge in [-0.15, -0.1) is 0 Å². The predicted octanol–water partition coefficient (Wildman–Crippen LogP) is 3.47. The number of hydrogen-bond acceptors (Lipinski definition) is 4. The largest absolute Gasteiger partial charge is 0.392 e. The Hall–Kier alpha value is -3.19. The molecule has 3 aromatic carbocycles. The smallest absolute Gasteiger partial charge is 0.320 e. The Labute approximate surface area is 200 Å². The normalized spacial score (nSPS) is 18.7. The average Bonchev–Trinajstić information content (AvgIpc) is 2.98. The van der Waals surface area contributed by atoms with Gasteiger partial charge in [0.1, 0.15) is 0 Å². The summed E-state index contributed by atoms with van der Waals surface area (Å²) in [5, 5.41) is 29.8. The van der Waals surface area contributed by atoms with Gasteiger partial charge in [0, 0.05) is 19.6 Å². The van der Waals surface area contributed by atoms with Crippen LogP contribution in [-0.2, 0) is 32.7 Å². The van der Waals surface area contributed by atoms with Gasteiger partial charge in [0.15, 0.2) is 0 Å². The Bertz CT molecular complexity index is 1050. The summed E-state index contributed by atoms with van der Waals surface area (Å²) in [7, 11) is 0. The first-order valence-corrected chi connectivity index (χ1v) is 11.7. The summed E-state index contributed by atoms with van der Waals surface area (Å²) in [5.74, 6) is 0. The van der Waals surface area contributed by atoms with Crippen LogP contribution in [0, 0.1) is 0 Å². The van der Waals surface area contributed by atoms with Crippen LogP contribution in [0.25, 0.3) is 0 Å². The lowest BCUT2D eigenvalue weighted by Crippen LogP contribution is -2.49. The van der Waals surface area contributed by atoms with Crippen molar-refractivity contribution >= 4 is 6.03 Å². The van der Waals surface area contributed by atoms with Crippen molar-refractivity contribution in [3.8, 4) is 0 Å². The van der Waals surface area contributed by atoms with Crippen LogP contribution in [-0.4, -0.2) is 49.8 Å². The lowest BCUT2D eigenvalue weighted by molar-refractivity contribution is 0.0679. The Morgan fingerprint density at radius 2 is 1.24 bits per heavy atom. The summed E-state index contributed by atoms with van der Waals surface area (Å²) in [6.45, 7) is 1.24. The van der Waals surface area contributed by atoms with Crippen molar-refractivity contribution in [3.05, 3.63) is 107 Å². The second kappa shape index (κ2) is 11.3. The molecule has 1 aliphatic heterocycles. The van der Waals surface area contributed by atoms with Crippen molar-refractivity contribution in [3.63, 3.8) is 0 Å². The van der Waals surface area contributed by atoms with Crippen molar-refractivity contribution in [2.45, 2.75) is 51.3 Å². The van der Waals surface area contributed by atoms with Crippen molar-refractivity contribution in [2.75, 3.05) is 6.54 Å². The maximum atomic E-state index is 13.8. The zero-order valence-corrected chi connectivity index (χ0v) is 19.3. The molecular weight excluding hydrogens is 428 g/mol. The third-order valence-corrected chi connectivity index (χ3v) is 6.48. The zero-order valence-electron chi connectivity index (χ0n) is 19.3. The molecule has 2 amide bonds. The summed E-state index contributed by atoms with van der Waals surface area (Å²) in [6, 6.07) is 24.7. The summed E-state index contributed by atoms with van der Waals surface area (Å²) in [5.41, 5.74) is 4.66. The monoisotopic (exact) mass is 460 g/mol. The minimum atomic E-state index is -0.650. The van der Waals surface area contributed by atoms with Gasteiger partial charge in [0.05, 0.1) is 25.4 Å². The van der Waals surface area contributed by atoms with Gasteiger partial charge in [-0.05, 0) is 40.7 Å². The number of urea groups is 1. The second-order valence-corrected chi connectivity index (χ2v) is 8.89. The molecule has 1 fully saturated rings. The molecule has 178 valence electrons. The van der Waals surface area contributed by atoms with Crippen LogP contribution in [0.5, 0.6) is 0 Å². The maximum absolute atomic E-state index is 13.8. The fourth-order valence-electron chi connectivity index (χ4n) is 4.46. The van der Waals surface area contributed by atoms with Gasteiger partial charge in [0.2, 0.25) is 0 Å². The highest BCUT2D eigenvalue weighted by Gasteiger charge is 2.36. The molecule has 0 unspecified atom stereocenters. The van der Waals surface area contributed by atoms with Crippen molar-refractivity contribution in [1.82, 2.24) is 9.80 Å². The zero-order chi connectivity index (χ0) is 23.9. The molecule has 34 heavy (non-hydrogen) atoms. The molecule has 1 aliphatic rings. The highest BCUT2D eigenvalue weighted by atomic mass is 16.3. The molecule has 1 heterocycles. The molecule has 0 saturated carbocycles. The topological polar surface area (TPSA) is 84.2 Å². The number of nitrogens with zero attached hydrogens (tertiary/aromatic N) is 2. The fraction of sp³-hybridized carbons (Fsp3) is 0.321. The van der Waals surface area contributed by atoms with Crippen molar-refractivity contribution in [2.24, 2.45) is 0 Å². The van der Waals surface area contributed by atoms with E-state index >= 15 is 0 Å². The van der Waals surface area contributed by atoms with Crippen LogP contribution in [0.2, 0.25) is 0 Å². The van der Waals surface area contributed by atoms with E-state index in [1.165, 1.54) is 0 Å². The minimum absolute atomic E-state index is 0.0147. The second-order valence-electron chi connectivity index (χ2n) is 8.89. The van der Waals surface area contributed by atoms with Gasteiger partial charge in [-0.25, -0.2) is 4.79 Å². The first-order valence-electron chi connectivity index (χ1n) is 11.7. The highest BCUT2D eigenvalue weighted by Crippen LogP contribution is 2.25. The number of carbonyl (C=O) groups is 1.